The number of pyridine rings is 1. The van der Waals surface area contributed by atoms with Gasteiger partial charge in [0.25, 0.3) is 21.6 Å². The molecule has 1 aliphatic carbocycles. The molecule has 59 heavy (non-hydrogen) atoms. The minimum absolute atomic E-state index is 0.0487. The number of sulfonamides is 1. The van der Waals surface area contributed by atoms with Gasteiger partial charge in [0, 0.05) is 79.8 Å². The Morgan fingerprint density at radius 1 is 1.08 bits per heavy atom. The van der Waals surface area contributed by atoms with Crippen LogP contribution in [0.5, 0.6) is 11.5 Å². The molecule has 1 saturated heterocycles. The van der Waals surface area contributed by atoms with Crippen molar-refractivity contribution >= 4 is 61.2 Å². The van der Waals surface area contributed by atoms with Crippen molar-refractivity contribution in [2.24, 2.45) is 5.41 Å². The number of nitrogens with one attached hydrogen (secondary N) is 3. The third kappa shape index (κ3) is 8.79. The van der Waals surface area contributed by atoms with E-state index in [1.165, 1.54) is 35.0 Å². The Kier molecular flexibility index (Phi) is 11.1. The van der Waals surface area contributed by atoms with E-state index in [0.29, 0.717) is 23.4 Å². The molecule has 2 aliphatic heterocycles. The highest BCUT2D eigenvalue weighted by Crippen LogP contribution is 2.44. The summed E-state index contributed by atoms with van der Waals surface area (Å²) in [6, 6.07) is 18.8. The summed E-state index contributed by atoms with van der Waals surface area (Å²) in [7, 11) is -4.58. The molecule has 0 spiro atoms. The van der Waals surface area contributed by atoms with Gasteiger partial charge in [0.1, 0.15) is 22.8 Å². The first kappa shape index (κ1) is 40.3. The second-order valence-corrected chi connectivity index (χ2v) is 18.4. The van der Waals surface area contributed by atoms with Crippen molar-refractivity contribution in [3.8, 4) is 11.5 Å². The van der Waals surface area contributed by atoms with E-state index < -0.39 is 31.4 Å². The molecular formula is C43H46ClN7O7S. The summed E-state index contributed by atoms with van der Waals surface area (Å²) in [5.41, 5.74) is 5.91. The molecule has 1 atom stereocenters. The molecule has 0 saturated carbocycles. The molecule has 4 heterocycles. The number of aromatic amines is 1. The van der Waals surface area contributed by atoms with Crippen LogP contribution in [0.15, 0.2) is 89.6 Å². The van der Waals surface area contributed by atoms with Crippen LogP contribution < -0.4 is 19.7 Å². The lowest BCUT2D eigenvalue weighted by molar-refractivity contribution is -0.384. The van der Waals surface area contributed by atoms with Gasteiger partial charge in [0.15, 0.2) is 0 Å². The number of H-pyrrole nitrogens is 1. The Bertz CT molecular complexity index is 2570. The lowest BCUT2D eigenvalue weighted by Crippen LogP contribution is -2.47. The van der Waals surface area contributed by atoms with Gasteiger partial charge >= 0.3 is 0 Å². The van der Waals surface area contributed by atoms with Crippen LogP contribution >= 0.6 is 11.6 Å². The van der Waals surface area contributed by atoms with Gasteiger partial charge in [0.05, 0.1) is 21.6 Å². The van der Waals surface area contributed by atoms with Gasteiger partial charge in [-0.15, -0.1) is 0 Å². The van der Waals surface area contributed by atoms with Crippen molar-refractivity contribution in [3.63, 3.8) is 0 Å². The zero-order valence-electron chi connectivity index (χ0n) is 32.8. The lowest BCUT2D eigenvalue weighted by atomic mass is 9.72. The number of halogens is 1. The van der Waals surface area contributed by atoms with Gasteiger partial charge in [0.2, 0.25) is 0 Å². The number of carbonyl (C=O) groups is 1. The number of rotatable bonds is 12. The molecule has 16 heteroatoms. The maximum atomic E-state index is 13.9. The number of hydrogen-bond acceptors (Lipinski definition) is 11. The number of nitro groups is 1. The summed E-state index contributed by atoms with van der Waals surface area (Å²) < 4.78 is 35.9. The molecule has 4 N–H and O–H groups in total. The molecule has 8 rings (SSSR count). The summed E-state index contributed by atoms with van der Waals surface area (Å²) in [4.78, 5) is 37.0. The number of aromatic nitrogens is 2. The summed E-state index contributed by atoms with van der Waals surface area (Å²) in [5.74, 6) is -0.504. The number of nitro benzene ring substituents is 1. The van der Waals surface area contributed by atoms with Crippen molar-refractivity contribution in [1.29, 1.82) is 0 Å². The highest BCUT2D eigenvalue weighted by molar-refractivity contribution is 7.90. The molecule has 1 amide bonds. The molecule has 1 fully saturated rings. The van der Waals surface area contributed by atoms with E-state index in [0.717, 1.165) is 74.1 Å². The quantitative estimate of drug-likeness (QED) is 0.0720. The van der Waals surface area contributed by atoms with Crippen molar-refractivity contribution in [2.75, 3.05) is 49.5 Å². The minimum Gasteiger partial charge on any atom is -0.455 e. The number of anilines is 2. The number of aliphatic hydroxyl groups excluding tert-OH is 1. The molecule has 5 aromatic rings. The van der Waals surface area contributed by atoms with Crippen molar-refractivity contribution in [1.82, 2.24) is 19.6 Å². The van der Waals surface area contributed by atoms with Crippen LogP contribution in [-0.4, -0.2) is 84.6 Å². The zero-order valence-corrected chi connectivity index (χ0v) is 34.4. The maximum absolute atomic E-state index is 13.9. The molecule has 3 aliphatic rings. The maximum Gasteiger partial charge on any atom is 0.293 e. The normalized spacial score (nSPS) is 18.1. The van der Waals surface area contributed by atoms with Crippen LogP contribution in [0.4, 0.5) is 17.1 Å². The number of carbonyl (C=O) groups excluding carboxylic acids is 1. The van der Waals surface area contributed by atoms with E-state index in [1.54, 1.807) is 24.4 Å². The standard InChI is InChI=1S/C43H46ClN7O7S/c1-43(2)12-9-29(37(24-43)27-3-5-31(44)6-4-27)26-49-14-16-50(17-15-49)33-7-8-36(39(22-33)58-34-20-28-10-13-45-41(28)46-25-34)42(53)48-59(56,57)35-21-30-19-32(11-18-52)47-40(30)38(23-35)51(54)55/h3-8,10,13,20-23,25,32,47,52H,9,11-12,14-19,24,26H2,1-2H3,(H,45,46)(H,48,53)/t32-/m1/s1. The van der Waals surface area contributed by atoms with Gasteiger partial charge in [-0.1, -0.05) is 43.2 Å². The SMILES string of the molecule is CC1(C)CCC(CN2CCN(c3ccc(C(=O)NS(=O)(=O)c4cc5c(c([N+](=O)[O-])c4)N[C@H](CCO)C5)c(Oc4cnc5[nH]ccc5c4)c3)CC2)=C(c2ccc(Cl)cc2)C1. The first-order valence-electron chi connectivity index (χ1n) is 19.7. The Morgan fingerprint density at radius 3 is 2.61 bits per heavy atom. The Hall–Kier alpha value is -5.48. The summed E-state index contributed by atoms with van der Waals surface area (Å²) in [6.45, 7) is 8.46. The number of nitrogens with zero attached hydrogens (tertiary/aromatic N) is 4. The summed E-state index contributed by atoms with van der Waals surface area (Å²) in [5, 5.41) is 25.9. The second-order valence-electron chi connectivity index (χ2n) is 16.3. The fourth-order valence-corrected chi connectivity index (χ4v) is 9.51. The summed E-state index contributed by atoms with van der Waals surface area (Å²) >= 11 is 6.23. The number of hydrogen-bond donors (Lipinski definition) is 4. The third-order valence-corrected chi connectivity index (χ3v) is 13.1. The van der Waals surface area contributed by atoms with Crippen LogP contribution in [0.2, 0.25) is 5.02 Å². The Balaban J connectivity index is 1.03. The zero-order chi connectivity index (χ0) is 41.5. The third-order valence-electron chi connectivity index (χ3n) is 11.5. The minimum atomic E-state index is -4.58. The lowest BCUT2D eigenvalue weighted by Gasteiger charge is -2.39. The predicted octanol–water partition coefficient (Wildman–Crippen LogP) is 7.54. The van der Waals surface area contributed by atoms with Crippen LogP contribution in [0.3, 0.4) is 0 Å². The number of piperazine rings is 1. The van der Waals surface area contributed by atoms with Gasteiger partial charge in [-0.2, -0.15) is 0 Å². The monoisotopic (exact) mass is 839 g/mol. The van der Waals surface area contributed by atoms with E-state index in [1.807, 2.05) is 18.2 Å². The highest BCUT2D eigenvalue weighted by atomic mass is 35.5. The molecule has 14 nitrogen and oxygen atoms in total. The van der Waals surface area contributed by atoms with Gasteiger partial charge in [-0.25, -0.2) is 18.1 Å². The average molecular weight is 840 g/mol. The van der Waals surface area contributed by atoms with E-state index in [-0.39, 0.29) is 41.5 Å². The molecule has 308 valence electrons. The van der Waals surface area contributed by atoms with Gasteiger partial charge in [-0.05, 0) is 96.7 Å². The van der Waals surface area contributed by atoms with Crippen LogP contribution in [-0.2, 0) is 16.4 Å². The number of fused-ring (bicyclic) bond motifs is 2. The first-order chi connectivity index (χ1) is 28.2. The second kappa shape index (κ2) is 16.3. The van der Waals surface area contributed by atoms with E-state index in [9.17, 15) is 28.4 Å². The topological polar surface area (TPSA) is 183 Å². The van der Waals surface area contributed by atoms with Crippen molar-refractivity contribution < 1.29 is 28.0 Å². The molecule has 2 aromatic heterocycles. The van der Waals surface area contributed by atoms with Crippen molar-refractivity contribution in [2.45, 2.75) is 56.9 Å². The number of allylic oxidation sites excluding steroid dienone is 1. The number of benzene rings is 3. The Morgan fingerprint density at radius 2 is 1.86 bits per heavy atom. The predicted molar refractivity (Wildman–Crippen MR) is 228 cm³/mol. The van der Waals surface area contributed by atoms with E-state index in [4.69, 9.17) is 16.3 Å². The van der Waals surface area contributed by atoms with Crippen LogP contribution in [0, 0.1) is 15.5 Å². The largest absolute Gasteiger partial charge is 0.455 e. The van der Waals surface area contributed by atoms with E-state index in [2.05, 4.69) is 55.8 Å². The number of aliphatic hydroxyl groups is 1. The fraction of sp³-hybridized carbons (Fsp3) is 0.349. The molecule has 0 radical (unpaired) electrons. The smallest absolute Gasteiger partial charge is 0.293 e. The average Bonchev–Trinajstić information content (AvgIpc) is 3.85. The highest BCUT2D eigenvalue weighted by Gasteiger charge is 2.33. The number of ether oxygens (including phenoxy) is 1. The molecular weight excluding hydrogens is 794 g/mol. The Labute approximate surface area is 347 Å². The fourth-order valence-electron chi connectivity index (χ4n) is 8.35. The van der Waals surface area contributed by atoms with Crippen LogP contribution in [0.25, 0.3) is 16.6 Å². The van der Waals surface area contributed by atoms with Crippen LogP contribution in [0.1, 0.15) is 61.0 Å². The molecule has 3 aromatic carbocycles. The van der Waals surface area contributed by atoms with Crippen molar-refractivity contribution in [3.05, 3.63) is 117 Å². The van der Waals surface area contributed by atoms with Gasteiger partial charge in [-0.3, -0.25) is 19.8 Å². The number of amides is 1. The summed E-state index contributed by atoms with van der Waals surface area (Å²) in [6.07, 6.45) is 7.06. The first-order valence-corrected chi connectivity index (χ1v) is 21.6. The molecule has 0 bridgehead atoms. The van der Waals surface area contributed by atoms with E-state index >= 15 is 0 Å². The van der Waals surface area contributed by atoms with Gasteiger partial charge < -0.3 is 25.0 Å². The molecule has 0 unspecified atom stereocenters.